The van der Waals surface area contributed by atoms with Gasteiger partial charge in [0.2, 0.25) is 0 Å². The van der Waals surface area contributed by atoms with E-state index >= 15 is 0 Å². The van der Waals surface area contributed by atoms with Gasteiger partial charge in [-0.2, -0.15) is 0 Å². The van der Waals surface area contributed by atoms with Gasteiger partial charge in [-0.15, -0.1) is 0 Å². The quantitative estimate of drug-likeness (QED) is 0.219. The first-order valence-corrected chi connectivity index (χ1v) is 13.3. The average Bonchev–Trinajstić information content (AvgIpc) is 2.93. The van der Waals surface area contributed by atoms with Crippen LogP contribution in [0, 0.1) is 13.8 Å². The van der Waals surface area contributed by atoms with Gasteiger partial charge in [-0.05, 0) is 79.9 Å². The van der Waals surface area contributed by atoms with Crippen LogP contribution in [0.2, 0.25) is 0 Å². The fourth-order valence-corrected chi connectivity index (χ4v) is 5.04. The molecule has 0 N–H and O–H groups in total. The Hall–Kier alpha value is -4.03. The molecule has 5 aromatic rings. The summed E-state index contributed by atoms with van der Waals surface area (Å²) < 4.78 is 2.48. The minimum Gasteiger partial charge on any atom is -0.324 e. The lowest BCUT2D eigenvalue weighted by Crippen LogP contribution is -2.37. The van der Waals surface area contributed by atoms with Gasteiger partial charge in [-0.1, -0.05) is 70.5 Å². The number of fused-ring (bicyclic) bond motifs is 1. The molecule has 0 aliphatic rings. The number of hydrogen-bond donors (Lipinski definition) is 0. The molecule has 1 aromatic heterocycles. The summed E-state index contributed by atoms with van der Waals surface area (Å²) in [5.74, 6) is 0.368. The van der Waals surface area contributed by atoms with E-state index in [-0.39, 0.29) is 11.5 Å². The highest BCUT2D eigenvalue weighted by molar-refractivity contribution is 9.10. The lowest BCUT2D eigenvalue weighted by atomic mass is 10.1. The Labute approximate surface area is 230 Å². The van der Waals surface area contributed by atoms with Gasteiger partial charge >= 0.3 is 0 Å². The van der Waals surface area contributed by atoms with Gasteiger partial charge in [0.25, 0.3) is 11.5 Å². The predicted molar refractivity (Wildman–Crippen MR) is 156 cm³/mol. The number of carbonyl (C=O) groups is 1. The van der Waals surface area contributed by atoms with Crippen LogP contribution in [0.15, 0.2) is 106 Å². The van der Waals surface area contributed by atoms with Crippen molar-refractivity contribution >= 4 is 32.7 Å². The highest BCUT2D eigenvalue weighted by atomic mass is 79.9. The van der Waals surface area contributed by atoms with E-state index in [4.69, 9.17) is 4.98 Å². The molecule has 0 fully saturated rings. The Morgan fingerprint density at radius 1 is 0.895 bits per heavy atom. The zero-order chi connectivity index (χ0) is 26.8. The van der Waals surface area contributed by atoms with Crippen molar-refractivity contribution in [2.75, 3.05) is 0 Å². The molecule has 0 radical (unpaired) electrons. The summed E-state index contributed by atoms with van der Waals surface area (Å²) in [6, 6.07) is 30.0. The summed E-state index contributed by atoms with van der Waals surface area (Å²) in [6.07, 6.45) is 0. The summed E-state index contributed by atoms with van der Waals surface area (Å²) >= 11 is 3.49. The van der Waals surface area contributed by atoms with Crippen LogP contribution in [0.4, 0.5) is 0 Å². The number of para-hydroxylation sites is 1. The number of carbonyl (C=O) groups excluding carboxylic acids is 1. The average molecular weight is 566 g/mol. The second kappa shape index (κ2) is 10.8. The number of aromatic nitrogens is 2. The van der Waals surface area contributed by atoms with E-state index in [9.17, 15) is 9.59 Å². The van der Waals surface area contributed by atoms with Crippen molar-refractivity contribution in [3.63, 3.8) is 0 Å². The van der Waals surface area contributed by atoms with Crippen LogP contribution < -0.4 is 5.56 Å². The number of aryl methyl sites for hydroxylation is 2. The van der Waals surface area contributed by atoms with Crippen LogP contribution in [0.1, 0.15) is 45.8 Å². The summed E-state index contributed by atoms with van der Waals surface area (Å²) in [6.45, 7) is 6.37. The minimum absolute atomic E-state index is 0.142. The smallest absolute Gasteiger partial charge is 0.266 e. The normalized spacial score (nSPS) is 11.9. The molecule has 1 amide bonds. The zero-order valence-corrected chi connectivity index (χ0v) is 23.1. The van der Waals surface area contributed by atoms with Gasteiger partial charge in [0.05, 0.1) is 22.6 Å². The first-order valence-electron chi connectivity index (χ1n) is 12.5. The van der Waals surface area contributed by atoms with Crippen molar-refractivity contribution in [1.82, 2.24) is 14.5 Å². The summed E-state index contributed by atoms with van der Waals surface area (Å²) in [7, 11) is 0. The number of halogens is 1. The van der Waals surface area contributed by atoms with Crippen molar-refractivity contribution in [2.45, 2.75) is 33.4 Å². The first kappa shape index (κ1) is 25.6. The lowest BCUT2D eigenvalue weighted by molar-refractivity contribution is 0.0664. The van der Waals surface area contributed by atoms with E-state index < -0.39 is 6.04 Å². The van der Waals surface area contributed by atoms with E-state index in [1.807, 2.05) is 112 Å². The maximum absolute atomic E-state index is 14.0. The molecule has 0 aliphatic carbocycles. The van der Waals surface area contributed by atoms with Crippen LogP contribution in [-0.4, -0.2) is 20.4 Å². The molecule has 38 heavy (non-hydrogen) atoms. The predicted octanol–water partition coefficient (Wildman–Crippen LogP) is 7.17. The molecule has 1 unspecified atom stereocenters. The third-order valence-corrected chi connectivity index (χ3v) is 7.41. The summed E-state index contributed by atoms with van der Waals surface area (Å²) in [5, 5.41) is 0.537. The third-order valence-electron chi connectivity index (χ3n) is 6.92. The molecule has 4 aromatic carbocycles. The molecule has 5 nitrogen and oxygen atoms in total. The molecular formula is C32H28BrN3O2. The third kappa shape index (κ3) is 5.04. The fraction of sp³-hybridized carbons (Fsp3) is 0.156. The summed E-state index contributed by atoms with van der Waals surface area (Å²) in [4.78, 5) is 34.7. The molecule has 0 aliphatic heterocycles. The molecule has 0 spiro atoms. The largest absolute Gasteiger partial charge is 0.324 e. The molecule has 0 bridgehead atoms. The van der Waals surface area contributed by atoms with Gasteiger partial charge in [0.15, 0.2) is 0 Å². The van der Waals surface area contributed by atoms with Gasteiger partial charge in [0.1, 0.15) is 5.82 Å². The Balaban J connectivity index is 1.72. The Kier molecular flexibility index (Phi) is 7.25. The molecule has 0 saturated carbocycles. The van der Waals surface area contributed by atoms with Crippen molar-refractivity contribution in [3.8, 4) is 5.69 Å². The topological polar surface area (TPSA) is 55.2 Å². The minimum atomic E-state index is -0.513. The highest BCUT2D eigenvalue weighted by Crippen LogP contribution is 2.27. The zero-order valence-electron chi connectivity index (χ0n) is 21.6. The van der Waals surface area contributed by atoms with Crippen LogP contribution in [0.3, 0.4) is 0 Å². The number of amides is 1. The maximum Gasteiger partial charge on any atom is 0.266 e. The van der Waals surface area contributed by atoms with Crippen LogP contribution in [-0.2, 0) is 6.54 Å². The number of benzene rings is 4. The summed E-state index contributed by atoms with van der Waals surface area (Å²) in [5.41, 5.74) is 4.94. The van der Waals surface area contributed by atoms with E-state index in [0.717, 1.165) is 26.9 Å². The molecule has 0 saturated heterocycles. The fourth-order valence-electron chi connectivity index (χ4n) is 4.64. The molecule has 1 heterocycles. The van der Waals surface area contributed by atoms with Crippen molar-refractivity contribution in [2.24, 2.45) is 0 Å². The monoisotopic (exact) mass is 565 g/mol. The number of nitrogens with zero attached hydrogens (tertiary/aromatic N) is 3. The standard InChI is InChI=1S/C32H28BrN3O2/c1-21-16-17-27(18-22(21)2)36-30(34-29-15-8-7-14-28(29)32(36)38)23(3)35(20-24-10-5-4-6-11-24)31(37)25-12-9-13-26(33)19-25/h4-19,23H,20H2,1-3H3. The highest BCUT2D eigenvalue weighted by Gasteiger charge is 2.28. The molecule has 5 rings (SSSR count). The van der Waals surface area contributed by atoms with E-state index in [2.05, 4.69) is 15.9 Å². The lowest BCUT2D eigenvalue weighted by Gasteiger charge is -2.31. The van der Waals surface area contributed by atoms with Gasteiger partial charge in [-0.3, -0.25) is 14.2 Å². The van der Waals surface area contributed by atoms with Crippen molar-refractivity contribution in [1.29, 1.82) is 0 Å². The van der Waals surface area contributed by atoms with Gasteiger partial charge in [0, 0.05) is 16.6 Å². The first-order chi connectivity index (χ1) is 18.3. The molecule has 6 heteroatoms. The number of hydrogen-bond acceptors (Lipinski definition) is 3. The van der Waals surface area contributed by atoms with E-state index in [0.29, 0.717) is 28.8 Å². The Morgan fingerprint density at radius 3 is 2.37 bits per heavy atom. The molecule has 190 valence electrons. The van der Waals surface area contributed by atoms with Crippen molar-refractivity contribution < 1.29 is 4.79 Å². The van der Waals surface area contributed by atoms with Crippen molar-refractivity contribution in [3.05, 3.63) is 140 Å². The SMILES string of the molecule is Cc1ccc(-n2c(C(C)N(Cc3ccccc3)C(=O)c3cccc(Br)c3)nc3ccccc3c2=O)cc1C. The van der Waals surface area contributed by atoms with E-state index in [1.165, 1.54) is 0 Å². The Bertz CT molecular complexity index is 1700. The molecule has 1 atom stereocenters. The maximum atomic E-state index is 14.0. The van der Waals surface area contributed by atoms with Crippen LogP contribution in [0.25, 0.3) is 16.6 Å². The Morgan fingerprint density at radius 2 is 1.63 bits per heavy atom. The van der Waals surface area contributed by atoms with Gasteiger partial charge in [-0.25, -0.2) is 4.98 Å². The second-order valence-electron chi connectivity index (χ2n) is 9.50. The number of rotatable bonds is 6. The van der Waals surface area contributed by atoms with E-state index in [1.54, 1.807) is 15.5 Å². The second-order valence-corrected chi connectivity index (χ2v) is 10.4. The van der Waals surface area contributed by atoms with Crippen LogP contribution >= 0.6 is 15.9 Å². The van der Waals surface area contributed by atoms with Gasteiger partial charge < -0.3 is 4.90 Å². The molecular weight excluding hydrogens is 538 g/mol. The van der Waals surface area contributed by atoms with Crippen LogP contribution in [0.5, 0.6) is 0 Å².